The first kappa shape index (κ1) is 16.9. The van der Waals surface area contributed by atoms with Crippen LogP contribution in [0.15, 0.2) is 48.5 Å². The molecule has 0 fully saturated rings. The number of primary amides is 1. The topological polar surface area (TPSA) is 78.6 Å². The number of amides is 1. The van der Waals surface area contributed by atoms with Crippen molar-refractivity contribution < 1.29 is 19.1 Å². The van der Waals surface area contributed by atoms with Gasteiger partial charge in [0, 0.05) is 23.8 Å². The first-order valence-corrected chi connectivity index (χ1v) is 7.16. The quantitative estimate of drug-likeness (QED) is 0.630. The normalized spacial score (nSPS) is 11.9. The molecule has 0 bridgehead atoms. The minimum Gasteiger partial charge on any atom is -0.366 e. The van der Waals surface area contributed by atoms with E-state index in [9.17, 15) is 9.59 Å². The zero-order valence-corrected chi connectivity index (χ0v) is 13.1. The molecule has 5 nitrogen and oxygen atoms in total. The summed E-state index contributed by atoms with van der Waals surface area (Å²) in [7, 11) is 1.50. The van der Waals surface area contributed by atoms with Crippen molar-refractivity contribution in [2.75, 3.05) is 7.11 Å². The first-order chi connectivity index (χ1) is 11.0. The summed E-state index contributed by atoms with van der Waals surface area (Å²) in [6.45, 7) is 1.77. The summed E-state index contributed by atoms with van der Waals surface area (Å²) >= 11 is 0. The van der Waals surface area contributed by atoms with Gasteiger partial charge in [-0.25, -0.2) is 0 Å². The van der Waals surface area contributed by atoms with Gasteiger partial charge < -0.3 is 15.2 Å². The molecule has 0 saturated heterocycles. The standard InChI is InChI=1S/C18H19NO4/c1-12(20)16-10-14(17(19)21)8-9-15(16)18(22-2)23-11-13-6-4-3-5-7-13/h3-10,18H,11H2,1-2H3,(H2,19,21). The highest BCUT2D eigenvalue weighted by Gasteiger charge is 2.19. The van der Waals surface area contributed by atoms with Crippen LogP contribution in [0.4, 0.5) is 0 Å². The van der Waals surface area contributed by atoms with Gasteiger partial charge in [0.25, 0.3) is 0 Å². The number of benzene rings is 2. The summed E-state index contributed by atoms with van der Waals surface area (Å²) in [5.74, 6) is -0.772. The Kier molecular flexibility index (Phi) is 5.62. The zero-order chi connectivity index (χ0) is 16.8. The number of methoxy groups -OCH3 is 1. The van der Waals surface area contributed by atoms with Crippen molar-refractivity contribution in [1.29, 1.82) is 0 Å². The summed E-state index contributed by atoms with van der Waals surface area (Å²) in [4.78, 5) is 23.2. The maximum absolute atomic E-state index is 11.9. The summed E-state index contributed by atoms with van der Waals surface area (Å²) in [6.07, 6.45) is -0.712. The number of ether oxygens (including phenoxy) is 2. The van der Waals surface area contributed by atoms with Gasteiger partial charge in [-0.3, -0.25) is 9.59 Å². The van der Waals surface area contributed by atoms with E-state index in [0.717, 1.165) is 5.56 Å². The van der Waals surface area contributed by atoms with Crippen molar-refractivity contribution >= 4 is 11.7 Å². The Morgan fingerprint density at radius 1 is 1.13 bits per heavy atom. The van der Waals surface area contributed by atoms with E-state index in [1.165, 1.54) is 20.1 Å². The molecule has 0 aliphatic heterocycles. The molecule has 0 radical (unpaired) electrons. The molecule has 2 aromatic rings. The highest BCUT2D eigenvalue weighted by atomic mass is 16.7. The van der Waals surface area contributed by atoms with Gasteiger partial charge in [0.1, 0.15) is 0 Å². The van der Waals surface area contributed by atoms with E-state index in [0.29, 0.717) is 17.7 Å². The molecule has 0 saturated carbocycles. The third-order valence-corrected chi connectivity index (χ3v) is 3.43. The predicted octanol–water partition coefficient (Wildman–Crippen LogP) is 2.85. The van der Waals surface area contributed by atoms with Crippen LogP contribution in [0.25, 0.3) is 0 Å². The molecule has 2 rings (SSSR count). The number of hydrogen-bond donors (Lipinski definition) is 1. The number of nitrogens with two attached hydrogens (primary N) is 1. The lowest BCUT2D eigenvalue weighted by Crippen LogP contribution is -2.15. The van der Waals surface area contributed by atoms with Gasteiger partial charge in [0.15, 0.2) is 12.1 Å². The van der Waals surface area contributed by atoms with Crippen LogP contribution < -0.4 is 5.73 Å². The molecule has 1 amide bonds. The molecule has 120 valence electrons. The van der Waals surface area contributed by atoms with E-state index in [4.69, 9.17) is 15.2 Å². The Morgan fingerprint density at radius 2 is 1.83 bits per heavy atom. The summed E-state index contributed by atoms with van der Waals surface area (Å²) in [5, 5.41) is 0. The van der Waals surface area contributed by atoms with Crippen LogP contribution >= 0.6 is 0 Å². The van der Waals surface area contributed by atoms with Gasteiger partial charge in [-0.2, -0.15) is 0 Å². The Balaban J connectivity index is 2.26. The van der Waals surface area contributed by atoms with Crippen molar-refractivity contribution in [2.24, 2.45) is 5.73 Å². The Morgan fingerprint density at radius 3 is 2.39 bits per heavy atom. The number of carbonyl (C=O) groups is 2. The second kappa shape index (κ2) is 7.67. The van der Waals surface area contributed by atoms with E-state index < -0.39 is 12.2 Å². The van der Waals surface area contributed by atoms with Gasteiger partial charge in [-0.05, 0) is 24.6 Å². The smallest absolute Gasteiger partial charge is 0.248 e. The van der Waals surface area contributed by atoms with Crippen LogP contribution in [-0.2, 0) is 16.1 Å². The maximum Gasteiger partial charge on any atom is 0.248 e. The van der Waals surface area contributed by atoms with Crippen LogP contribution in [0.5, 0.6) is 0 Å². The molecule has 5 heteroatoms. The van der Waals surface area contributed by atoms with Crippen LogP contribution in [0.3, 0.4) is 0 Å². The highest BCUT2D eigenvalue weighted by molar-refractivity contribution is 6.00. The fourth-order valence-electron chi connectivity index (χ4n) is 2.25. The fraction of sp³-hybridized carbons (Fsp3) is 0.222. The summed E-state index contributed by atoms with van der Waals surface area (Å²) in [6, 6.07) is 14.3. The molecule has 2 N–H and O–H groups in total. The molecule has 1 unspecified atom stereocenters. The third-order valence-electron chi connectivity index (χ3n) is 3.43. The average molecular weight is 313 g/mol. The van der Waals surface area contributed by atoms with Gasteiger partial charge in [0.2, 0.25) is 5.91 Å². The molecule has 0 aromatic heterocycles. The SMILES string of the molecule is COC(OCc1ccccc1)c1ccc(C(N)=O)cc1C(C)=O. The predicted molar refractivity (Wildman–Crippen MR) is 85.9 cm³/mol. The summed E-state index contributed by atoms with van der Waals surface area (Å²) in [5.41, 5.74) is 7.46. The lowest BCUT2D eigenvalue weighted by molar-refractivity contribution is -0.136. The van der Waals surface area contributed by atoms with E-state index >= 15 is 0 Å². The lowest BCUT2D eigenvalue weighted by Gasteiger charge is -2.19. The largest absolute Gasteiger partial charge is 0.366 e. The first-order valence-electron chi connectivity index (χ1n) is 7.16. The van der Waals surface area contributed by atoms with Gasteiger partial charge in [0.05, 0.1) is 6.61 Å². The van der Waals surface area contributed by atoms with Crippen molar-refractivity contribution in [3.8, 4) is 0 Å². The summed E-state index contributed by atoms with van der Waals surface area (Å²) < 4.78 is 11.1. The van der Waals surface area contributed by atoms with E-state index in [-0.39, 0.29) is 11.3 Å². The van der Waals surface area contributed by atoms with Gasteiger partial charge in [-0.15, -0.1) is 0 Å². The molecule has 0 spiro atoms. The number of Topliss-reactive ketones (excluding diaryl/α,β-unsaturated/α-hetero) is 1. The van der Waals surface area contributed by atoms with Crippen LogP contribution in [0.1, 0.15) is 45.1 Å². The molecule has 2 aromatic carbocycles. The molecule has 23 heavy (non-hydrogen) atoms. The molecular formula is C18H19NO4. The van der Waals surface area contributed by atoms with Gasteiger partial charge >= 0.3 is 0 Å². The second-order valence-corrected chi connectivity index (χ2v) is 5.09. The van der Waals surface area contributed by atoms with Crippen LogP contribution in [0, 0.1) is 0 Å². The minimum atomic E-state index is -0.712. The van der Waals surface area contributed by atoms with Crippen molar-refractivity contribution in [1.82, 2.24) is 0 Å². The van der Waals surface area contributed by atoms with Crippen molar-refractivity contribution in [3.05, 3.63) is 70.8 Å². The van der Waals surface area contributed by atoms with E-state index in [2.05, 4.69) is 0 Å². The van der Waals surface area contributed by atoms with E-state index in [1.807, 2.05) is 30.3 Å². The molecule has 0 aliphatic rings. The lowest BCUT2D eigenvalue weighted by atomic mass is 10.00. The van der Waals surface area contributed by atoms with Crippen molar-refractivity contribution in [2.45, 2.75) is 19.8 Å². The van der Waals surface area contributed by atoms with Crippen LogP contribution in [0.2, 0.25) is 0 Å². The highest BCUT2D eigenvalue weighted by Crippen LogP contribution is 2.25. The number of carbonyl (C=O) groups excluding carboxylic acids is 2. The maximum atomic E-state index is 11.9. The Labute approximate surface area is 135 Å². The average Bonchev–Trinajstić information content (AvgIpc) is 2.56. The molecule has 1 atom stereocenters. The number of ketones is 1. The van der Waals surface area contributed by atoms with E-state index in [1.54, 1.807) is 12.1 Å². The van der Waals surface area contributed by atoms with Crippen LogP contribution in [-0.4, -0.2) is 18.8 Å². The van der Waals surface area contributed by atoms with Crippen molar-refractivity contribution in [3.63, 3.8) is 0 Å². The number of rotatable bonds is 7. The Bertz CT molecular complexity index is 697. The second-order valence-electron chi connectivity index (χ2n) is 5.09. The zero-order valence-electron chi connectivity index (χ0n) is 13.1. The molecule has 0 heterocycles. The fourth-order valence-corrected chi connectivity index (χ4v) is 2.25. The Hall–Kier alpha value is -2.50. The minimum absolute atomic E-state index is 0.187. The molecule has 0 aliphatic carbocycles. The van der Waals surface area contributed by atoms with Gasteiger partial charge in [-0.1, -0.05) is 36.4 Å². The number of hydrogen-bond acceptors (Lipinski definition) is 4. The monoisotopic (exact) mass is 313 g/mol. The third kappa shape index (κ3) is 4.25. The molecular weight excluding hydrogens is 294 g/mol.